The van der Waals surface area contributed by atoms with Gasteiger partial charge in [0.05, 0.1) is 25.5 Å². The highest BCUT2D eigenvalue weighted by Crippen LogP contribution is 2.32. The first-order valence-electron chi connectivity index (χ1n) is 11.9. The Balaban J connectivity index is 1.53. The fourth-order valence-corrected chi connectivity index (χ4v) is 4.24. The van der Waals surface area contributed by atoms with Crippen LogP contribution < -0.4 is 15.6 Å². The zero-order valence-electron chi connectivity index (χ0n) is 20.1. The van der Waals surface area contributed by atoms with E-state index >= 15 is 0 Å². The summed E-state index contributed by atoms with van der Waals surface area (Å²) in [5.41, 5.74) is -1.91. The van der Waals surface area contributed by atoms with Crippen LogP contribution in [0.3, 0.4) is 0 Å². The number of carbonyl (C=O) groups is 1. The third-order valence-corrected chi connectivity index (χ3v) is 6.06. The maximum atomic E-state index is 13.2. The molecule has 4 rings (SSSR count). The van der Waals surface area contributed by atoms with Crippen LogP contribution >= 0.6 is 0 Å². The summed E-state index contributed by atoms with van der Waals surface area (Å²) in [4.78, 5) is 33.1. The molecule has 0 radical (unpaired) electrons. The smallest absolute Gasteiger partial charge is 0.422 e. The number of nitrogens with one attached hydrogen (secondary N) is 1. The van der Waals surface area contributed by atoms with Crippen molar-refractivity contribution in [1.29, 1.82) is 0 Å². The van der Waals surface area contributed by atoms with Crippen molar-refractivity contribution in [3.8, 4) is 11.8 Å². The standard InChI is InChI=1S/C23H26F3N7O5/c24-23(25,26)18-5-7-27-22(29-18)38-16-10-20(36)33(28-11-16)17(9-14-3-1-2-4-14)21(37)30-19-6-8-32(31-19)12-15(35)13-34/h5-8,10-11,14-15,17,34-35H,1-4,9,12-13H2,(H,30,31,37)/t15-,17?/m1/s1. The molecule has 0 bridgehead atoms. The molecule has 204 valence electrons. The van der Waals surface area contributed by atoms with Crippen molar-refractivity contribution >= 4 is 11.7 Å². The predicted molar refractivity (Wildman–Crippen MR) is 125 cm³/mol. The molecule has 1 saturated carbocycles. The van der Waals surface area contributed by atoms with Gasteiger partial charge in [-0.1, -0.05) is 25.7 Å². The molecule has 12 nitrogen and oxygen atoms in total. The number of carbonyl (C=O) groups excluding carboxylic acids is 1. The second-order valence-corrected chi connectivity index (χ2v) is 8.95. The highest BCUT2D eigenvalue weighted by Gasteiger charge is 2.33. The second-order valence-electron chi connectivity index (χ2n) is 8.95. The van der Waals surface area contributed by atoms with Gasteiger partial charge in [0.2, 0.25) is 0 Å². The summed E-state index contributed by atoms with van der Waals surface area (Å²) in [6.07, 6.45) is 1.98. The highest BCUT2D eigenvalue weighted by atomic mass is 19.4. The van der Waals surface area contributed by atoms with Gasteiger partial charge in [-0.3, -0.25) is 14.3 Å². The number of alkyl halides is 3. The first kappa shape index (κ1) is 27.2. The van der Waals surface area contributed by atoms with E-state index in [1.165, 1.54) is 16.9 Å². The van der Waals surface area contributed by atoms with E-state index in [9.17, 15) is 27.9 Å². The largest absolute Gasteiger partial charge is 0.433 e. The Morgan fingerprint density at radius 3 is 2.71 bits per heavy atom. The van der Waals surface area contributed by atoms with Crippen LogP contribution in [-0.2, 0) is 17.5 Å². The minimum atomic E-state index is -4.70. The van der Waals surface area contributed by atoms with Gasteiger partial charge in [-0.2, -0.15) is 28.4 Å². The SMILES string of the molecule is O=C(Nc1ccn(C[C@@H](O)CO)n1)C(CC1CCCC1)n1ncc(Oc2nccc(C(F)(F)F)n2)cc1=O. The number of halogens is 3. The first-order chi connectivity index (χ1) is 18.1. The number of rotatable bonds is 10. The van der Waals surface area contributed by atoms with E-state index in [4.69, 9.17) is 9.84 Å². The molecule has 38 heavy (non-hydrogen) atoms. The van der Waals surface area contributed by atoms with E-state index in [0.29, 0.717) is 12.5 Å². The molecule has 1 unspecified atom stereocenters. The molecule has 1 amide bonds. The number of aromatic nitrogens is 6. The van der Waals surface area contributed by atoms with Gasteiger partial charge in [0.15, 0.2) is 17.3 Å². The topological polar surface area (TPSA) is 157 Å². The van der Waals surface area contributed by atoms with Crippen LogP contribution in [0.25, 0.3) is 0 Å². The number of anilines is 1. The number of aliphatic hydroxyl groups excluding tert-OH is 2. The Bertz CT molecular complexity index is 1310. The average molecular weight is 537 g/mol. The molecule has 1 aliphatic rings. The minimum Gasteiger partial charge on any atom is -0.422 e. The molecular formula is C23H26F3N7O5. The fourth-order valence-electron chi connectivity index (χ4n) is 4.24. The van der Waals surface area contributed by atoms with Gasteiger partial charge in [-0.25, -0.2) is 9.67 Å². The number of hydrogen-bond acceptors (Lipinski definition) is 9. The van der Waals surface area contributed by atoms with Crippen molar-refractivity contribution in [3.63, 3.8) is 0 Å². The van der Waals surface area contributed by atoms with E-state index in [1.807, 2.05) is 0 Å². The Kier molecular flexibility index (Phi) is 8.36. The van der Waals surface area contributed by atoms with E-state index in [0.717, 1.165) is 48.8 Å². The van der Waals surface area contributed by atoms with Gasteiger partial charge < -0.3 is 20.3 Å². The maximum Gasteiger partial charge on any atom is 0.433 e. The van der Waals surface area contributed by atoms with Crippen LogP contribution in [0.5, 0.6) is 11.8 Å². The third kappa shape index (κ3) is 6.92. The number of nitrogens with zero attached hydrogens (tertiary/aromatic N) is 6. The number of amides is 1. The van der Waals surface area contributed by atoms with Gasteiger partial charge in [-0.05, 0) is 18.4 Å². The molecule has 2 atom stereocenters. The number of ether oxygens (including phenoxy) is 1. The van der Waals surface area contributed by atoms with Crippen molar-refractivity contribution in [2.24, 2.45) is 5.92 Å². The van der Waals surface area contributed by atoms with Crippen LogP contribution in [0.1, 0.15) is 43.8 Å². The molecule has 3 aromatic rings. The lowest BCUT2D eigenvalue weighted by Gasteiger charge is -2.21. The Labute approximate surface area is 214 Å². The molecule has 1 fully saturated rings. The lowest BCUT2D eigenvalue weighted by atomic mass is 9.98. The minimum absolute atomic E-state index is 0.0238. The van der Waals surface area contributed by atoms with Gasteiger partial charge in [0.1, 0.15) is 6.04 Å². The molecule has 0 spiro atoms. The summed E-state index contributed by atoms with van der Waals surface area (Å²) in [6, 6.07) is 1.60. The number of hydrogen-bond donors (Lipinski definition) is 3. The van der Waals surface area contributed by atoms with E-state index < -0.39 is 48.1 Å². The second kappa shape index (κ2) is 11.7. The molecular weight excluding hydrogens is 511 g/mol. The number of aliphatic hydroxyl groups is 2. The van der Waals surface area contributed by atoms with Crippen molar-refractivity contribution in [1.82, 2.24) is 29.5 Å². The highest BCUT2D eigenvalue weighted by molar-refractivity contribution is 5.92. The van der Waals surface area contributed by atoms with Gasteiger partial charge in [-0.15, -0.1) is 0 Å². The van der Waals surface area contributed by atoms with E-state index in [-0.39, 0.29) is 24.0 Å². The van der Waals surface area contributed by atoms with E-state index in [2.05, 4.69) is 25.5 Å². The molecule has 0 saturated heterocycles. The van der Waals surface area contributed by atoms with Crippen molar-refractivity contribution in [2.75, 3.05) is 11.9 Å². The van der Waals surface area contributed by atoms with Crippen LogP contribution in [0.4, 0.5) is 19.0 Å². The molecule has 3 heterocycles. The van der Waals surface area contributed by atoms with Crippen molar-refractivity contribution in [3.05, 3.63) is 52.8 Å². The van der Waals surface area contributed by atoms with Crippen LogP contribution in [0.2, 0.25) is 0 Å². The molecule has 15 heteroatoms. The summed E-state index contributed by atoms with van der Waals surface area (Å²) in [7, 11) is 0. The van der Waals surface area contributed by atoms with Crippen molar-refractivity contribution < 1.29 is 32.9 Å². The first-order valence-corrected chi connectivity index (χ1v) is 11.9. The molecule has 3 N–H and O–H groups in total. The monoisotopic (exact) mass is 537 g/mol. The molecule has 3 aromatic heterocycles. The van der Waals surface area contributed by atoms with Gasteiger partial charge >= 0.3 is 12.2 Å². The summed E-state index contributed by atoms with van der Waals surface area (Å²) in [5, 5.41) is 29.4. The van der Waals surface area contributed by atoms with Gasteiger partial charge in [0, 0.05) is 24.5 Å². The lowest BCUT2D eigenvalue weighted by Crippen LogP contribution is -2.36. The zero-order chi connectivity index (χ0) is 27.3. The van der Waals surface area contributed by atoms with Crippen LogP contribution in [-0.4, -0.2) is 58.4 Å². The Morgan fingerprint density at radius 2 is 2.03 bits per heavy atom. The summed E-state index contributed by atoms with van der Waals surface area (Å²) < 4.78 is 46.3. The van der Waals surface area contributed by atoms with Crippen LogP contribution in [0, 0.1) is 5.92 Å². The Morgan fingerprint density at radius 1 is 1.26 bits per heavy atom. The summed E-state index contributed by atoms with van der Waals surface area (Å²) in [6.45, 7) is -0.421. The quantitative estimate of drug-likeness (QED) is 0.352. The summed E-state index contributed by atoms with van der Waals surface area (Å²) >= 11 is 0. The fraction of sp³-hybridized carbons (Fsp3) is 0.478. The Hall–Kier alpha value is -3.85. The molecule has 0 aliphatic heterocycles. The molecule has 1 aliphatic carbocycles. The molecule has 0 aromatic carbocycles. The average Bonchev–Trinajstić information content (AvgIpc) is 3.54. The van der Waals surface area contributed by atoms with Crippen LogP contribution in [0.15, 0.2) is 41.6 Å². The van der Waals surface area contributed by atoms with Crippen molar-refractivity contribution in [2.45, 2.75) is 57.0 Å². The zero-order valence-corrected chi connectivity index (χ0v) is 20.1. The lowest BCUT2D eigenvalue weighted by molar-refractivity contribution is -0.141. The summed E-state index contributed by atoms with van der Waals surface area (Å²) in [5.74, 6) is -0.335. The van der Waals surface area contributed by atoms with Gasteiger partial charge in [0.25, 0.3) is 11.5 Å². The predicted octanol–water partition coefficient (Wildman–Crippen LogP) is 2.15. The maximum absolute atomic E-state index is 13.2. The normalized spacial score (nSPS) is 15.8. The third-order valence-electron chi connectivity index (χ3n) is 6.06. The van der Waals surface area contributed by atoms with E-state index in [1.54, 1.807) is 0 Å².